The van der Waals surface area contributed by atoms with Crippen LogP contribution in [0.15, 0.2) is 42.5 Å². The second kappa shape index (κ2) is 8.31. The van der Waals surface area contributed by atoms with Crippen LogP contribution in [0.1, 0.15) is 61.4 Å². The summed E-state index contributed by atoms with van der Waals surface area (Å²) in [7, 11) is 1.54. The lowest BCUT2D eigenvalue weighted by molar-refractivity contribution is -0.144. The number of nitrogens with one attached hydrogen (secondary N) is 2. The Kier molecular flexibility index (Phi) is 5.35. The molecule has 2 aliphatic heterocycles. The van der Waals surface area contributed by atoms with Crippen LogP contribution in [0.25, 0.3) is 0 Å². The van der Waals surface area contributed by atoms with E-state index in [1.165, 1.54) is 7.05 Å². The summed E-state index contributed by atoms with van der Waals surface area (Å²) in [5.41, 5.74) is 2.55. The Balaban J connectivity index is 1.27. The summed E-state index contributed by atoms with van der Waals surface area (Å²) in [6.07, 6.45) is 1.59. The molecule has 0 radical (unpaired) electrons. The van der Waals surface area contributed by atoms with Crippen molar-refractivity contribution in [1.82, 2.24) is 15.1 Å². The molecule has 5 amide bonds. The molecule has 2 heterocycles. The Labute approximate surface area is 221 Å². The third kappa shape index (κ3) is 3.37. The SMILES string of the molecule is CNC(=O)Nc1ccc2c(c1)C1(C)CC1C21OC(=O)N(CC(=O)N2C(C)CCC2c2ccc(C)cc2)C1=O. The molecule has 0 bridgehead atoms. The highest BCUT2D eigenvalue weighted by molar-refractivity contribution is 6.07. The number of carbonyl (C=O) groups is 4. The van der Waals surface area contributed by atoms with Crippen molar-refractivity contribution < 1.29 is 23.9 Å². The number of benzene rings is 2. The van der Waals surface area contributed by atoms with Crippen LogP contribution in [-0.2, 0) is 25.3 Å². The first-order valence-corrected chi connectivity index (χ1v) is 13.2. The van der Waals surface area contributed by atoms with Crippen LogP contribution in [0.2, 0.25) is 0 Å². The third-order valence-corrected chi connectivity index (χ3v) is 8.99. The second-order valence-corrected chi connectivity index (χ2v) is 11.3. The van der Waals surface area contributed by atoms with Gasteiger partial charge in [-0.15, -0.1) is 0 Å². The largest absolute Gasteiger partial charge is 0.427 e. The molecule has 2 saturated heterocycles. The van der Waals surface area contributed by atoms with Gasteiger partial charge in [-0.2, -0.15) is 0 Å². The number of fused-ring (bicyclic) bond motifs is 5. The van der Waals surface area contributed by atoms with Gasteiger partial charge in [0.15, 0.2) is 0 Å². The van der Waals surface area contributed by atoms with Gasteiger partial charge in [0.2, 0.25) is 11.5 Å². The number of hydrogen-bond donors (Lipinski definition) is 2. The first kappa shape index (κ1) is 24.5. The van der Waals surface area contributed by atoms with Crippen LogP contribution >= 0.6 is 0 Å². The van der Waals surface area contributed by atoms with Crippen molar-refractivity contribution in [3.63, 3.8) is 0 Å². The van der Waals surface area contributed by atoms with Gasteiger partial charge >= 0.3 is 12.1 Å². The average molecular weight is 517 g/mol. The van der Waals surface area contributed by atoms with E-state index >= 15 is 0 Å². The van der Waals surface area contributed by atoms with E-state index in [9.17, 15) is 19.2 Å². The molecule has 9 heteroatoms. The van der Waals surface area contributed by atoms with Crippen molar-refractivity contribution in [2.45, 2.75) is 63.1 Å². The fourth-order valence-electron chi connectivity index (χ4n) is 6.84. The molecule has 3 fully saturated rings. The van der Waals surface area contributed by atoms with Crippen LogP contribution in [0.3, 0.4) is 0 Å². The van der Waals surface area contributed by atoms with E-state index in [0.717, 1.165) is 34.4 Å². The fourth-order valence-corrected chi connectivity index (χ4v) is 6.84. The number of likely N-dealkylation sites (tertiary alicyclic amines) is 1. The van der Waals surface area contributed by atoms with Crippen molar-refractivity contribution in [1.29, 1.82) is 0 Å². The number of urea groups is 1. The summed E-state index contributed by atoms with van der Waals surface area (Å²) in [5, 5.41) is 5.29. The Morgan fingerprint density at radius 2 is 1.82 bits per heavy atom. The number of rotatable bonds is 4. The maximum Gasteiger partial charge on any atom is 0.418 e. The molecule has 2 aliphatic carbocycles. The van der Waals surface area contributed by atoms with Crippen LogP contribution in [0, 0.1) is 12.8 Å². The molecule has 2 aromatic carbocycles. The standard InChI is InChI=1S/C29H32N4O5/c1-16-5-8-18(9-6-16)22-12-7-17(2)33(22)24(34)15-32-25(35)29(38-27(32)37)20-11-10-19(31-26(36)30-4)13-21(20)28(3)14-23(28)29/h5-6,8-11,13,17,22-23H,7,12,14-15H2,1-4H3,(H2,30,31,36). The summed E-state index contributed by atoms with van der Waals surface area (Å²) < 4.78 is 5.90. The van der Waals surface area contributed by atoms with Gasteiger partial charge in [0.05, 0.1) is 6.04 Å². The number of carbonyl (C=O) groups excluding carboxylic acids is 4. The van der Waals surface area contributed by atoms with E-state index in [1.807, 2.05) is 56.0 Å². The molecule has 2 aromatic rings. The molecule has 198 valence electrons. The Morgan fingerprint density at radius 1 is 1.08 bits per heavy atom. The molecule has 5 unspecified atom stereocenters. The molecule has 1 spiro atoms. The number of hydrogen-bond acceptors (Lipinski definition) is 5. The second-order valence-electron chi connectivity index (χ2n) is 11.3. The van der Waals surface area contributed by atoms with E-state index in [4.69, 9.17) is 4.74 Å². The van der Waals surface area contributed by atoms with E-state index in [-0.39, 0.29) is 41.9 Å². The minimum absolute atomic E-state index is 0.00154. The zero-order valence-electron chi connectivity index (χ0n) is 22.0. The summed E-state index contributed by atoms with van der Waals surface area (Å²) in [6.45, 7) is 5.73. The van der Waals surface area contributed by atoms with Gasteiger partial charge in [-0.1, -0.05) is 42.8 Å². The number of anilines is 1. The zero-order valence-corrected chi connectivity index (χ0v) is 22.0. The highest BCUT2D eigenvalue weighted by Gasteiger charge is 2.77. The van der Waals surface area contributed by atoms with Crippen LogP contribution in [-0.4, -0.2) is 53.4 Å². The average Bonchev–Trinajstić information content (AvgIpc) is 3.26. The number of amides is 5. The van der Waals surface area contributed by atoms with Crippen molar-refractivity contribution in [3.05, 3.63) is 64.7 Å². The summed E-state index contributed by atoms with van der Waals surface area (Å²) in [6, 6.07) is 13.0. The molecular formula is C29H32N4O5. The monoisotopic (exact) mass is 516 g/mol. The predicted octanol–water partition coefficient (Wildman–Crippen LogP) is 3.96. The Morgan fingerprint density at radius 3 is 2.53 bits per heavy atom. The van der Waals surface area contributed by atoms with Crippen LogP contribution < -0.4 is 10.6 Å². The highest BCUT2D eigenvalue weighted by Crippen LogP contribution is 2.71. The molecule has 2 N–H and O–H groups in total. The van der Waals surface area contributed by atoms with Gasteiger partial charge in [0.25, 0.3) is 5.91 Å². The topological polar surface area (TPSA) is 108 Å². The maximum absolute atomic E-state index is 13.9. The first-order chi connectivity index (χ1) is 18.1. The van der Waals surface area contributed by atoms with Crippen LogP contribution in [0.4, 0.5) is 15.3 Å². The summed E-state index contributed by atoms with van der Waals surface area (Å²) >= 11 is 0. The van der Waals surface area contributed by atoms with Crippen LogP contribution in [0.5, 0.6) is 0 Å². The molecule has 9 nitrogen and oxygen atoms in total. The molecule has 0 aromatic heterocycles. The number of aryl methyl sites for hydroxylation is 1. The summed E-state index contributed by atoms with van der Waals surface area (Å²) in [4.78, 5) is 55.3. The number of ether oxygens (including phenoxy) is 1. The van der Waals surface area contributed by atoms with Crippen molar-refractivity contribution in [2.24, 2.45) is 5.92 Å². The van der Waals surface area contributed by atoms with Crippen molar-refractivity contribution in [3.8, 4) is 0 Å². The third-order valence-electron chi connectivity index (χ3n) is 8.99. The minimum Gasteiger partial charge on any atom is -0.427 e. The normalized spacial score (nSPS) is 30.8. The molecule has 6 rings (SSSR count). The predicted molar refractivity (Wildman–Crippen MR) is 139 cm³/mol. The fraction of sp³-hybridized carbons (Fsp3) is 0.448. The highest BCUT2D eigenvalue weighted by atomic mass is 16.6. The molecule has 38 heavy (non-hydrogen) atoms. The quantitative estimate of drug-likeness (QED) is 0.640. The van der Waals surface area contributed by atoms with Gasteiger partial charge in [-0.25, -0.2) is 14.5 Å². The lowest BCUT2D eigenvalue weighted by atomic mass is 9.89. The van der Waals surface area contributed by atoms with Gasteiger partial charge in [0, 0.05) is 35.7 Å². The smallest absolute Gasteiger partial charge is 0.418 e. The van der Waals surface area contributed by atoms with Crippen molar-refractivity contribution >= 4 is 29.6 Å². The lowest BCUT2D eigenvalue weighted by Gasteiger charge is -2.30. The molecule has 5 atom stereocenters. The van der Waals surface area contributed by atoms with Gasteiger partial charge in [0.1, 0.15) is 6.54 Å². The first-order valence-electron chi connectivity index (χ1n) is 13.2. The van der Waals surface area contributed by atoms with E-state index in [0.29, 0.717) is 17.7 Å². The zero-order chi connectivity index (χ0) is 27.0. The van der Waals surface area contributed by atoms with E-state index in [2.05, 4.69) is 10.6 Å². The Bertz CT molecular complexity index is 1370. The van der Waals surface area contributed by atoms with E-state index in [1.54, 1.807) is 12.1 Å². The van der Waals surface area contributed by atoms with Gasteiger partial charge in [-0.05, 0) is 56.4 Å². The van der Waals surface area contributed by atoms with Crippen molar-refractivity contribution in [2.75, 3.05) is 18.9 Å². The summed E-state index contributed by atoms with van der Waals surface area (Å²) in [5.74, 6) is -0.943. The maximum atomic E-state index is 13.9. The van der Waals surface area contributed by atoms with E-state index < -0.39 is 17.6 Å². The molecule has 4 aliphatic rings. The molecular weight excluding hydrogens is 484 g/mol. The lowest BCUT2D eigenvalue weighted by Crippen LogP contribution is -2.46. The minimum atomic E-state index is -1.43. The number of imide groups is 1. The molecule has 1 saturated carbocycles. The Hall–Kier alpha value is -3.88. The number of nitrogens with zero attached hydrogens (tertiary/aromatic N) is 2. The van der Waals surface area contributed by atoms with Gasteiger partial charge < -0.3 is 20.3 Å². The van der Waals surface area contributed by atoms with Gasteiger partial charge in [-0.3, -0.25) is 9.59 Å².